The van der Waals surface area contributed by atoms with Gasteiger partial charge in [-0.25, -0.2) is 0 Å². The molecule has 0 radical (unpaired) electrons. The summed E-state index contributed by atoms with van der Waals surface area (Å²) in [7, 11) is 0. The Hall–Kier alpha value is -1.02. The maximum absolute atomic E-state index is 12.5. The number of hydrogen-bond acceptors (Lipinski definition) is 1. The lowest BCUT2D eigenvalue weighted by atomic mass is 10.0. The van der Waals surface area contributed by atoms with E-state index >= 15 is 0 Å². The first kappa shape index (κ1) is 16.0. The van der Waals surface area contributed by atoms with Crippen LogP contribution >= 0.6 is 11.6 Å². The molecule has 1 amide bonds. The fourth-order valence-corrected chi connectivity index (χ4v) is 2.59. The summed E-state index contributed by atoms with van der Waals surface area (Å²) in [6.45, 7) is 6.93. The van der Waals surface area contributed by atoms with Crippen molar-refractivity contribution in [3.05, 3.63) is 35.4 Å². The topological polar surface area (TPSA) is 20.3 Å². The van der Waals surface area contributed by atoms with Crippen LogP contribution in [0.3, 0.4) is 0 Å². The molecule has 0 atom stereocenters. The summed E-state index contributed by atoms with van der Waals surface area (Å²) < 4.78 is 0. The van der Waals surface area contributed by atoms with Crippen molar-refractivity contribution in [2.24, 2.45) is 0 Å². The highest BCUT2D eigenvalue weighted by Crippen LogP contribution is 2.14. The summed E-state index contributed by atoms with van der Waals surface area (Å²) in [5.41, 5.74) is 2.28. The molecule has 1 aromatic rings. The van der Waals surface area contributed by atoms with Gasteiger partial charge < -0.3 is 4.90 Å². The van der Waals surface area contributed by atoms with Gasteiger partial charge in [-0.2, -0.15) is 0 Å². The molecule has 0 saturated carbocycles. The number of aryl methyl sites for hydroxylation is 1. The zero-order valence-corrected chi connectivity index (χ0v) is 12.9. The number of halogens is 1. The van der Waals surface area contributed by atoms with Gasteiger partial charge in [-0.3, -0.25) is 4.79 Å². The Morgan fingerprint density at radius 1 is 1.26 bits per heavy atom. The number of amides is 1. The van der Waals surface area contributed by atoms with Crippen molar-refractivity contribution in [3.8, 4) is 0 Å². The average molecular weight is 282 g/mol. The second-order valence-electron chi connectivity index (χ2n) is 4.85. The van der Waals surface area contributed by atoms with E-state index in [1.807, 2.05) is 36.1 Å². The molecule has 0 N–H and O–H groups in total. The van der Waals surface area contributed by atoms with E-state index in [1.165, 1.54) is 5.56 Å². The van der Waals surface area contributed by atoms with E-state index in [9.17, 15) is 4.79 Å². The quantitative estimate of drug-likeness (QED) is 0.696. The number of hydrogen-bond donors (Lipinski definition) is 0. The van der Waals surface area contributed by atoms with Gasteiger partial charge >= 0.3 is 0 Å². The third-order valence-electron chi connectivity index (χ3n) is 3.63. The monoisotopic (exact) mass is 281 g/mol. The molecule has 1 aromatic carbocycles. The van der Waals surface area contributed by atoms with Crippen molar-refractivity contribution in [1.82, 2.24) is 4.90 Å². The number of carbonyl (C=O) groups excluding carboxylic acids is 1. The van der Waals surface area contributed by atoms with Gasteiger partial charge in [-0.15, -0.1) is 11.6 Å². The molecule has 0 aliphatic heterocycles. The van der Waals surface area contributed by atoms with Crippen LogP contribution in [0.2, 0.25) is 0 Å². The van der Waals surface area contributed by atoms with Gasteiger partial charge in [0.05, 0.1) is 6.42 Å². The van der Waals surface area contributed by atoms with Gasteiger partial charge in [0, 0.05) is 18.5 Å². The summed E-state index contributed by atoms with van der Waals surface area (Å²) in [6.07, 6.45) is 2.43. The summed E-state index contributed by atoms with van der Waals surface area (Å²) in [4.78, 5) is 14.4. The SMILES string of the molecule is CCC(CC)N(CCCl)C(=O)Cc1ccccc1C. The minimum absolute atomic E-state index is 0.184. The van der Waals surface area contributed by atoms with Gasteiger partial charge in [0.15, 0.2) is 0 Å². The van der Waals surface area contributed by atoms with E-state index in [0.717, 1.165) is 18.4 Å². The highest BCUT2D eigenvalue weighted by Gasteiger charge is 2.20. The van der Waals surface area contributed by atoms with E-state index in [4.69, 9.17) is 11.6 Å². The molecule has 0 fully saturated rings. The van der Waals surface area contributed by atoms with Crippen molar-refractivity contribution in [2.75, 3.05) is 12.4 Å². The Morgan fingerprint density at radius 3 is 2.42 bits per heavy atom. The van der Waals surface area contributed by atoms with Gasteiger partial charge in [-0.05, 0) is 30.9 Å². The lowest BCUT2D eigenvalue weighted by molar-refractivity contribution is -0.132. The molecule has 0 aliphatic carbocycles. The molecule has 0 aliphatic rings. The number of benzene rings is 1. The van der Waals surface area contributed by atoms with E-state index in [2.05, 4.69) is 13.8 Å². The summed E-state index contributed by atoms with van der Waals surface area (Å²) in [6, 6.07) is 8.36. The van der Waals surface area contributed by atoms with E-state index < -0.39 is 0 Å². The standard InChI is InChI=1S/C16H24ClNO/c1-4-15(5-2)18(11-10-17)16(19)12-14-9-7-6-8-13(14)3/h6-9,15H,4-5,10-12H2,1-3H3. The summed E-state index contributed by atoms with van der Waals surface area (Å²) >= 11 is 5.84. The van der Waals surface area contributed by atoms with Crippen LogP contribution in [0, 0.1) is 6.92 Å². The fourth-order valence-electron chi connectivity index (χ4n) is 2.40. The van der Waals surface area contributed by atoms with Crippen LogP contribution in [0.15, 0.2) is 24.3 Å². The minimum Gasteiger partial charge on any atom is -0.338 e. The Labute approximate surface area is 121 Å². The Kier molecular flexibility index (Phi) is 6.93. The Balaban J connectivity index is 2.80. The molecular formula is C16H24ClNO. The molecule has 0 bridgehead atoms. The van der Waals surface area contributed by atoms with Crippen molar-refractivity contribution >= 4 is 17.5 Å². The fraction of sp³-hybridized carbons (Fsp3) is 0.562. The number of nitrogens with zero attached hydrogens (tertiary/aromatic N) is 1. The highest BCUT2D eigenvalue weighted by atomic mass is 35.5. The molecule has 2 nitrogen and oxygen atoms in total. The number of carbonyl (C=O) groups is 1. The Bertz CT molecular complexity index is 401. The molecule has 0 unspecified atom stereocenters. The molecular weight excluding hydrogens is 258 g/mol. The second-order valence-corrected chi connectivity index (χ2v) is 5.23. The molecule has 106 valence electrons. The molecule has 0 saturated heterocycles. The zero-order valence-electron chi connectivity index (χ0n) is 12.2. The van der Waals surface area contributed by atoms with Crippen LogP contribution in [0.4, 0.5) is 0 Å². The molecule has 0 aromatic heterocycles. The molecule has 0 heterocycles. The molecule has 0 spiro atoms. The van der Waals surface area contributed by atoms with E-state index in [-0.39, 0.29) is 5.91 Å². The zero-order chi connectivity index (χ0) is 14.3. The van der Waals surface area contributed by atoms with Crippen LogP contribution in [-0.2, 0) is 11.2 Å². The predicted octanol–water partition coefficient (Wildman–Crippen LogP) is 3.79. The van der Waals surface area contributed by atoms with Gasteiger partial charge in [-0.1, -0.05) is 38.1 Å². The first-order valence-electron chi connectivity index (χ1n) is 7.03. The maximum Gasteiger partial charge on any atom is 0.227 e. The van der Waals surface area contributed by atoms with Crippen molar-refractivity contribution < 1.29 is 4.79 Å². The Morgan fingerprint density at radius 2 is 1.89 bits per heavy atom. The molecule has 1 rings (SSSR count). The third-order valence-corrected chi connectivity index (χ3v) is 3.80. The number of alkyl halides is 1. The lowest BCUT2D eigenvalue weighted by Crippen LogP contribution is -2.42. The maximum atomic E-state index is 12.5. The van der Waals surface area contributed by atoms with Crippen LogP contribution in [0.1, 0.15) is 37.8 Å². The first-order chi connectivity index (χ1) is 9.13. The van der Waals surface area contributed by atoms with Gasteiger partial charge in [0.2, 0.25) is 5.91 Å². The lowest BCUT2D eigenvalue weighted by Gasteiger charge is -2.30. The largest absolute Gasteiger partial charge is 0.338 e. The molecule has 3 heteroatoms. The summed E-state index contributed by atoms with van der Waals surface area (Å²) in [5.74, 6) is 0.680. The summed E-state index contributed by atoms with van der Waals surface area (Å²) in [5, 5.41) is 0. The minimum atomic E-state index is 0.184. The van der Waals surface area contributed by atoms with Crippen molar-refractivity contribution in [3.63, 3.8) is 0 Å². The van der Waals surface area contributed by atoms with E-state index in [0.29, 0.717) is 24.9 Å². The van der Waals surface area contributed by atoms with Gasteiger partial charge in [0.1, 0.15) is 0 Å². The predicted molar refractivity (Wildman–Crippen MR) is 81.7 cm³/mol. The van der Waals surface area contributed by atoms with Crippen molar-refractivity contribution in [1.29, 1.82) is 0 Å². The van der Waals surface area contributed by atoms with E-state index in [1.54, 1.807) is 0 Å². The van der Waals surface area contributed by atoms with Crippen LogP contribution in [-0.4, -0.2) is 29.3 Å². The first-order valence-corrected chi connectivity index (χ1v) is 7.57. The highest BCUT2D eigenvalue weighted by molar-refractivity contribution is 6.18. The van der Waals surface area contributed by atoms with Crippen LogP contribution in [0.25, 0.3) is 0 Å². The second kappa shape index (κ2) is 8.21. The normalized spacial score (nSPS) is 10.8. The van der Waals surface area contributed by atoms with Crippen LogP contribution in [0.5, 0.6) is 0 Å². The number of rotatable bonds is 7. The third kappa shape index (κ3) is 4.54. The smallest absolute Gasteiger partial charge is 0.227 e. The average Bonchev–Trinajstić information content (AvgIpc) is 2.41. The van der Waals surface area contributed by atoms with Crippen LogP contribution < -0.4 is 0 Å². The van der Waals surface area contributed by atoms with Crippen molar-refractivity contribution in [2.45, 2.75) is 46.1 Å². The van der Waals surface area contributed by atoms with Gasteiger partial charge in [0.25, 0.3) is 0 Å². The molecule has 19 heavy (non-hydrogen) atoms.